The van der Waals surface area contributed by atoms with Gasteiger partial charge >= 0.3 is 0 Å². The van der Waals surface area contributed by atoms with Gasteiger partial charge in [-0.05, 0) is 7.05 Å². The van der Waals surface area contributed by atoms with Crippen LogP contribution in [0.25, 0.3) is 0 Å². The maximum Gasteiger partial charge on any atom is 0.236 e. The first-order valence-corrected chi connectivity index (χ1v) is 5.05. The summed E-state index contributed by atoms with van der Waals surface area (Å²) >= 11 is 0. The van der Waals surface area contributed by atoms with E-state index < -0.39 is 5.91 Å². The van der Waals surface area contributed by atoms with Gasteiger partial charge in [-0.1, -0.05) is 0 Å². The Kier molecular flexibility index (Phi) is 4.51. The van der Waals surface area contributed by atoms with Gasteiger partial charge in [0.05, 0.1) is 13.1 Å². The molecule has 6 nitrogen and oxygen atoms in total. The van der Waals surface area contributed by atoms with E-state index in [1.807, 2.05) is 7.05 Å². The van der Waals surface area contributed by atoms with Crippen molar-refractivity contribution in [2.45, 2.75) is 0 Å². The highest BCUT2D eigenvalue weighted by Crippen LogP contribution is 1.98. The summed E-state index contributed by atoms with van der Waals surface area (Å²) in [6.45, 7) is 3.57. The number of likely N-dealkylation sites (N-methyl/N-ethyl adjacent to an activating group) is 1. The smallest absolute Gasteiger partial charge is 0.236 e. The van der Waals surface area contributed by atoms with Gasteiger partial charge in [0, 0.05) is 26.2 Å². The molecule has 1 fully saturated rings. The number of hydrogen-bond acceptors (Lipinski definition) is 4. The van der Waals surface area contributed by atoms with Crippen LogP contribution in [0.1, 0.15) is 0 Å². The molecule has 0 aromatic rings. The first kappa shape index (κ1) is 11.9. The number of nitrogens with zero attached hydrogens (tertiary/aromatic N) is 2. The molecule has 0 aliphatic carbocycles. The van der Waals surface area contributed by atoms with Crippen molar-refractivity contribution < 1.29 is 9.59 Å². The fraction of sp³-hybridized carbons (Fsp3) is 0.778. The van der Waals surface area contributed by atoms with E-state index in [0.29, 0.717) is 0 Å². The van der Waals surface area contributed by atoms with Crippen molar-refractivity contribution in [3.8, 4) is 0 Å². The Hall–Kier alpha value is -1.14. The van der Waals surface area contributed by atoms with Gasteiger partial charge in [-0.3, -0.25) is 14.9 Å². The Morgan fingerprint density at radius 2 is 1.80 bits per heavy atom. The molecule has 1 saturated heterocycles. The molecule has 0 aromatic heterocycles. The molecule has 1 aliphatic rings. The Bertz CT molecular complexity index is 236. The topological polar surface area (TPSA) is 78.7 Å². The average Bonchev–Trinajstić information content (AvgIpc) is 2.18. The molecule has 1 aliphatic heterocycles. The van der Waals surface area contributed by atoms with Gasteiger partial charge in [0.1, 0.15) is 0 Å². The third kappa shape index (κ3) is 4.26. The van der Waals surface area contributed by atoms with Gasteiger partial charge in [-0.15, -0.1) is 0 Å². The first-order valence-electron chi connectivity index (χ1n) is 5.05. The second-order valence-electron chi connectivity index (χ2n) is 3.75. The molecule has 1 heterocycles. The van der Waals surface area contributed by atoms with Crippen LogP contribution in [0.2, 0.25) is 0 Å². The summed E-state index contributed by atoms with van der Waals surface area (Å²) in [5.74, 6) is -0.412. The number of amides is 2. The predicted octanol–water partition coefficient (Wildman–Crippen LogP) is -2.16. The Labute approximate surface area is 89.4 Å². The number of rotatable bonds is 4. The van der Waals surface area contributed by atoms with Gasteiger partial charge in [0.15, 0.2) is 0 Å². The molecule has 0 bridgehead atoms. The van der Waals surface area contributed by atoms with Crippen LogP contribution >= 0.6 is 0 Å². The van der Waals surface area contributed by atoms with E-state index in [1.165, 1.54) is 0 Å². The quantitative estimate of drug-likeness (QED) is 0.558. The molecule has 0 saturated carbocycles. The summed E-state index contributed by atoms with van der Waals surface area (Å²) in [6.07, 6.45) is 0. The minimum absolute atomic E-state index is 0.0318. The van der Waals surface area contributed by atoms with Gasteiger partial charge in [-0.2, -0.15) is 0 Å². The number of primary amides is 1. The summed E-state index contributed by atoms with van der Waals surface area (Å²) in [7, 11) is 2.03. The van der Waals surface area contributed by atoms with Crippen molar-refractivity contribution in [3.05, 3.63) is 0 Å². The number of carbonyl (C=O) groups is 2. The largest absolute Gasteiger partial charge is 0.369 e. The van der Waals surface area contributed by atoms with Crippen LogP contribution in [0.5, 0.6) is 0 Å². The van der Waals surface area contributed by atoms with E-state index in [9.17, 15) is 9.59 Å². The van der Waals surface area contributed by atoms with E-state index in [2.05, 4.69) is 10.2 Å². The van der Waals surface area contributed by atoms with Crippen LogP contribution in [0.4, 0.5) is 0 Å². The van der Waals surface area contributed by atoms with Gasteiger partial charge in [-0.25, -0.2) is 0 Å². The number of carbonyl (C=O) groups excluding carboxylic acids is 2. The summed E-state index contributed by atoms with van der Waals surface area (Å²) < 4.78 is 0. The fourth-order valence-electron chi connectivity index (χ4n) is 1.46. The van der Waals surface area contributed by atoms with Crippen LogP contribution < -0.4 is 11.1 Å². The average molecular weight is 214 g/mol. The number of nitrogens with one attached hydrogen (secondary N) is 1. The molecule has 0 atom stereocenters. The van der Waals surface area contributed by atoms with Crippen molar-refractivity contribution >= 4 is 11.8 Å². The van der Waals surface area contributed by atoms with Crippen molar-refractivity contribution in [3.63, 3.8) is 0 Å². The summed E-state index contributed by atoms with van der Waals surface area (Å²) in [4.78, 5) is 26.0. The first-order chi connectivity index (χ1) is 7.09. The monoisotopic (exact) mass is 214 g/mol. The lowest BCUT2D eigenvalue weighted by molar-refractivity contribution is -0.131. The van der Waals surface area contributed by atoms with Crippen molar-refractivity contribution in [1.82, 2.24) is 15.1 Å². The molecule has 15 heavy (non-hydrogen) atoms. The fourth-order valence-corrected chi connectivity index (χ4v) is 1.46. The van der Waals surface area contributed by atoms with Crippen molar-refractivity contribution in [1.29, 1.82) is 0 Å². The van der Waals surface area contributed by atoms with Gasteiger partial charge in [0.25, 0.3) is 0 Å². The molecule has 1 rings (SSSR count). The lowest BCUT2D eigenvalue weighted by atomic mass is 10.3. The number of nitrogens with two attached hydrogens (primary N) is 1. The van der Waals surface area contributed by atoms with Crippen molar-refractivity contribution in [2.24, 2.45) is 5.73 Å². The SMILES string of the molecule is CN1CCN(C(=O)CNCC(N)=O)CC1. The summed E-state index contributed by atoms with van der Waals surface area (Å²) in [5.41, 5.74) is 4.94. The van der Waals surface area contributed by atoms with Crippen LogP contribution in [0, 0.1) is 0 Å². The minimum atomic E-state index is -0.443. The van der Waals surface area contributed by atoms with E-state index >= 15 is 0 Å². The molecule has 0 unspecified atom stereocenters. The predicted molar refractivity (Wildman–Crippen MR) is 56.1 cm³/mol. The number of hydrogen-bond donors (Lipinski definition) is 2. The molecular weight excluding hydrogens is 196 g/mol. The van der Waals surface area contributed by atoms with Crippen LogP contribution in [-0.2, 0) is 9.59 Å². The number of piperazine rings is 1. The minimum Gasteiger partial charge on any atom is -0.369 e. The zero-order valence-corrected chi connectivity index (χ0v) is 9.03. The Morgan fingerprint density at radius 3 is 2.33 bits per heavy atom. The van der Waals surface area contributed by atoms with E-state index in [0.717, 1.165) is 26.2 Å². The highest BCUT2D eigenvalue weighted by Gasteiger charge is 2.18. The lowest BCUT2D eigenvalue weighted by Gasteiger charge is -2.32. The van der Waals surface area contributed by atoms with Crippen molar-refractivity contribution in [2.75, 3.05) is 46.3 Å². The zero-order valence-electron chi connectivity index (χ0n) is 9.03. The summed E-state index contributed by atoms with van der Waals surface area (Å²) in [5, 5.41) is 2.71. The molecule has 6 heteroatoms. The second-order valence-corrected chi connectivity index (χ2v) is 3.75. The second kappa shape index (κ2) is 5.67. The molecule has 2 amide bonds. The summed E-state index contributed by atoms with van der Waals surface area (Å²) in [6, 6.07) is 0. The normalized spacial score (nSPS) is 17.8. The Morgan fingerprint density at radius 1 is 1.20 bits per heavy atom. The third-order valence-corrected chi connectivity index (χ3v) is 2.43. The molecule has 0 spiro atoms. The van der Waals surface area contributed by atoms with E-state index in [1.54, 1.807) is 4.90 Å². The highest BCUT2D eigenvalue weighted by molar-refractivity contribution is 5.80. The zero-order chi connectivity index (χ0) is 11.3. The molecular formula is C9H18N4O2. The van der Waals surface area contributed by atoms with E-state index in [-0.39, 0.29) is 19.0 Å². The molecule has 0 radical (unpaired) electrons. The maximum atomic E-state index is 11.6. The van der Waals surface area contributed by atoms with Crippen LogP contribution in [0.15, 0.2) is 0 Å². The van der Waals surface area contributed by atoms with E-state index in [4.69, 9.17) is 5.73 Å². The maximum absolute atomic E-state index is 11.6. The van der Waals surface area contributed by atoms with Crippen LogP contribution in [-0.4, -0.2) is 67.9 Å². The Balaban J connectivity index is 2.19. The molecule has 0 aromatic carbocycles. The van der Waals surface area contributed by atoms with Gasteiger partial charge < -0.3 is 15.5 Å². The molecule has 86 valence electrons. The highest BCUT2D eigenvalue weighted by atomic mass is 16.2. The standard InChI is InChI=1S/C9H18N4O2/c1-12-2-4-13(5-3-12)9(15)7-11-6-8(10)14/h11H,2-7H2,1H3,(H2,10,14). The van der Waals surface area contributed by atoms with Gasteiger partial charge in [0.2, 0.25) is 11.8 Å². The third-order valence-electron chi connectivity index (χ3n) is 2.43. The lowest BCUT2D eigenvalue weighted by Crippen LogP contribution is -2.50. The van der Waals surface area contributed by atoms with Crippen LogP contribution in [0.3, 0.4) is 0 Å². The molecule has 3 N–H and O–H groups in total.